The van der Waals surface area contributed by atoms with Crippen molar-refractivity contribution >= 4 is 11.8 Å². The van der Waals surface area contributed by atoms with E-state index in [9.17, 15) is 9.59 Å². The number of nitrogens with one attached hydrogen (secondary N) is 1. The monoisotopic (exact) mass is 410 g/mol. The summed E-state index contributed by atoms with van der Waals surface area (Å²) < 4.78 is 5.71. The molecule has 2 atom stereocenters. The Morgan fingerprint density at radius 3 is 2.23 bits per heavy atom. The fourth-order valence-corrected chi connectivity index (χ4v) is 3.08. The Kier molecular flexibility index (Phi) is 9.39. The van der Waals surface area contributed by atoms with Gasteiger partial charge in [0.1, 0.15) is 11.8 Å². The summed E-state index contributed by atoms with van der Waals surface area (Å²) in [6, 6.07) is 17.2. The van der Waals surface area contributed by atoms with Crippen molar-refractivity contribution in [3.8, 4) is 5.75 Å². The molecule has 0 bridgehead atoms. The summed E-state index contributed by atoms with van der Waals surface area (Å²) in [6.07, 6.45) is 2.47. The predicted octanol–water partition coefficient (Wildman–Crippen LogP) is 4.00. The lowest BCUT2D eigenvalue weighted by Gasteiger charge is -2.29. The molecule has 0 unspecified atom stereocenters. The number of benzene rings is 2. The second-order valence-corrected chi connectivity index (χ2v) is 7.60. The smallest absolute Gasteiger partial charge is 0.261 e. The van der Waals surface area contributed by atoms with Gasteiger partial charge in [-0.05, 0) is 56.4 Å². The maximum atomic E-state index is 13.0. The molecule has 0 saturated heterocycles. The highest BCUT2D eigenvalue weighted by atomic mass is 16.5. The molecule has 30 heavy (non-hydrogen) atoms. The molecule has 0 aliphatic heterocycles. The van der Waals surface area contributed by atoms with Crippen LogP contribution in [0.3, 0.4) is 0 Å². The summed E-state index contributed by atoms with van der Waals surface area (Å²) in [4.78, 5) is 27.3. The first-order chi connectivity index (χ1) is 14.4. The molecule has 5 nitrogen and oxygen atoms in total. The first kappa shape index (κ1) is 23.5. The van der Waals surface area contributed by atoms with Crippen molar-refractivity contribution in [2.75, 3.05) is 13.2 Å². The van der Waals surface area contributed by atoms with Gasteiger partial charge in [-0.15, -0.1) is 0 Å². The normalized spacial score (nSPS) is 12.7. The van der Waals surface area contributed by atoms with E-state index < -0.39 is 6.04 Å². The first-order valence-corrected chi connectivity index (χ1v) is 10.8. The number of hydrogen-bond acceptors (Lipinski definition) is 3. The predicted molar refractivity (Wildman–Crippen MR) is 121 cm³/mol. The van der Waals surface area contributed by atoms with Gasteiger partial charge in [-0.25, -0.2) is 0 Å². The van der Waals surface area contributed by atoms with Gasteiger partial charge in [-0.3, -0.25) is 9.59 Å². The van der Waals surface area contributed by atoms with Crippen LogP contribution in [0.4, 0.5) is 0 Å². The minimum absolute atomic E-state index is 0.0688. The zero-order valence-corrected chi connectivity index (χ0v) is 18.6. The van der Waals surface area contributed by atoms with Crippen molar-refractivity contribution in [1.82, 2.24) is 10.2 Å². The molecule has 2 aromatic carbocycles. The molecule has 2 amide bonds. The van der Waals surface area contributed by atoms with Gasteiger partial charge in [0, 0.05) is 12.6 Å². The maximum absolute atomic E-state index is 13.0. The third-order valence-corrected chi connectivity index (χ3v) is 5.35. The van der Waals surface area contributed by atoms with Crippen LogP contribution >= 0.6 is 0 Å². The molecular weight excluding hydrogens is 376 g/mol. The van der Waals surface area contributed by atoms with E-state index in [0.717, 1.165) is 18.4 Å². The number of carbonyl (C=O) groups is 2. The van der Waals surface area contributed by atoms with Gasteiger partial charge in [0.2, 0.25) is 5.91 Å². The Morgan fingerprint density at radius 2 is 1.63 bits per heavy atom. The van der Waals surface area contributed by atoms with E-state index in [4.69, 9.17) is 4.74 Å². The van der Waals surface area contributed by atoms with Crippen LogP contribution in [0.2, 0.25) is 0 Å². The molecular formula is C25H34N2O3. The maximum Gasteiger partial charge on any atom is 0.261 e. The minimum Gasteiger partial charge on any atom is -0.484 e. The molecule has 0 heterocycles. The fourth-order valence-electron chi connectivity index (χ4n) is 3.08. The number of ether oxygens (including phenoxy) is 1. The molecule has 0 aliphatic carbocycles. The van der Waals surface area contributed by atoms with Gasteiger partial charge in [0.15, 0.2) is 6.61 Å². The number of carbonyl (C=O) groups excluding carboxylic acids is 2. The van der Waals surface area contributed by atoms with Crippen molar-refractivity contribution < 1.29 is 14.3 Å². The van der Waals surface area contributed by atoms with Crippen molar-refractivity contribution in [3.05, 3.63) is 65.7 Å². The summed E-state index contributed by atoms with van der Waals surface area (Å²) in [6.45, 7) is 8.21. The molecule has 0 saturated carbocycles. The van der Waals surface area contributed by atoms with Crippen LogP contribution in [0.15, 0.2) is 54.6 Å². The highest BCUT2D eigenvalue weighted by molar-refractivity contribution is 5.88. The van der Waals surface area contributed by atoms with Crippen LogP contribution in [0.1, 0.15) is 45.2 Å². The lowest BCUT2D eigenvalue weighted by molar-refractivity contribution is -0.141. The quantitative estimate of drug-likeness (QED) is 0.609. The van der Waals surface area contributed by atoms with Crippen molar-refractivity contribution in [2.24, 2.45) is 0 Å². The Morgan fingerprint density at radius 1 is 0.967 bits per heavy atom. The summed E-state index contributed by atoms with van der Waals surface area (Å²) in [5, 5.41) is 2.98. The second-order valence-electron chi connectivity index (χ2n) is 7.60. The van der Waals surface area contributed by atoms with Gasteiger partial charge < -0.3 is 15.0 Å². The zero-order valence-electron chi connectivity index (χ0n) is 18.6. The molecule has 0 fully saturated rings. The molecule has 0 aliphatic rings. The zero-order chi connectivity index (χ0) is 21.9. The summed E-state index contributed by atoms with van der Waals surface area (Å²) >= 11 is 0. The SMILES string of the molecule is CCc1ccc(OCC(=O)N(CCc2ccccc2)[C@@H](C)C(=O)N[C@H](C)CC)cc1. The molecule has 162 valence electrons. The lowest BCUT2D eigenvalue weighted by atomic mass is 10.1. The number of amides is 2. The minimum atomic E-state index is -0.568. The van der Waals surface area contributed by atoms with E-state index in [1.165, 1.54) is 5.56 Å². The Balaban J connectivity index is 2.05. The fraction of sp³-hybridized carbons (Fsp3) is 0.440. The number of rotatable bonds is 11. The summed E-state index contributed by atoms with van der Waals surface area (Å²) in [5.74, 6) is 0.315. The number of aryl methyl sites for hydroxylation is 1. The van der Waals surface area contributed by atoms with Gasteiger partial charge in [-0.2, -0.15) is 0 Å². The number of hydrogen-bond donors (Lipinski definition) is 1. The lowest BCUT2D eigenvalue weighted by Crippen LogP contribution is -2.51. The Labute approximate surface area is 180 Å². The van der Waals surface area contributed by atoms with E-state index in [-0.39, 0.29) is 24.5 Å². The van der Waals surface area contributed by atoms with Crippen molar-refractivity contribution in [3.63, 3.8) is 0 Å². The Bertz CT molecular complexity index is 790. The largest absolute Gasteiger partial charge is 0.484 e. The third-order valence-electron chi connectivity index (χ3n) is 5.35. The molecule has 5 heteroatoms. The van der Waals surface area contributed by atoms with Gasteiger partial charge >= 0.3 is 0 Å². The van der Waals surface area contributed by atoms with E-state index in [0.29, 0.717) is 18.7 Å². The number of nitrogens with zero attached hydrogens (tertiary/aromatic N) is 1. The third kappa shape index (κ3) is 7.21. The highest BCUT2D eigenvalue weighted by Crippen LogP contribution is 2.13. The first-order valence-electron chi connectivity index (χ1n) is 10.8. The van der Waals surface area contributed by atoms with Crippen molar-refractivity contribution in [2.45, 2.75) is 59.0 Å². The molecule has 0 spiro atoms. The standard InChI is InChI=1S/C25H34N2O3/c1-5-19(3)26-25(29)20(4)27(17-16-22-10-8-7-9-11-22)24(28)18-30-23-14-12-21(6-2)13-15-23/h7-15,19-20H,5-6,16-18H2,1-4H3,(H,26,29)/t19-,20+/m1/s1. The average Bonchev–Trinajstić information content (AvgIpc) is 2.78. The van der Waals surface area contributed by atoms with Crippen LogP contribution in [0.5, 0.6) is 5.75 Å². The van der Waals surface area contributed by atoms with Gasteiger partial charge in [0.25, 0.3) is 5.91 Å². The van der Waals surface area contributed by atoms with Gasteiger partial charge in [-0.1, -0.05) is 56.3 Å². The highest BCUT2D eigenvalue weighted by Gasteiger charge is 2.26. The molecule has 1 N–H and O–H groups in total. The Hall–Kier alpha value is -2.82. The van der Waals surface area contributed by atoms with Gasteiger partial charge in [0.05, 0.1) is 0 Å². The van der Waals surface area contributed by atoms with Crippen LogP contribution in [0, 0.1) is 0 Å². The van der Waals surface area contributed by atoms with Crippen LogP contribution in [0.25, 0.3) is 0 Å². The van der Waals surface area contributed by atoms with E-state index in [1.807, 2.05) is 68.4 Å². The average molecular weight is 411 g/mol. The van der Waals surface area contributed by atoms with Crippen LogP contribution in [-0.4, -0.2) is 41.9 Å². The second kappa shape index (κ2) is 12.0. The molecule has 0 aromatic heterocycles. The van der Waals surface area contributed by atoms with Crippen LogP contribution in [-0.2, 0) is 22.4 Å². The van der Waals surface area contributed by atoms with E-state index in [2.05, 4.69) is 12.2 Å². The molecule has 0 radical (unpaired) electrons. The van der Waals surface area contributed by atoms with Crippen molar-refractivity contribution in [1.29, 1.82) is 0 Å². The summed E-state index contributed by atoms with van der Waals surface area (Å²) in [5.41, 5.74) is 2.34. The summed E-state index contributed by atoms with van der Waals surface area (Å²) in [7, 11) is 0. The van der Waals surface area contributed by atoms with E-state index >= 15 is 0 Å². The topological polar surface area (TPSA) is 58.6 Å². The van der Waals surface area contributed by atoms with Crippen LogP contribution < -0.4 is 10.1 Å². The molecule has 2 rings (SSSR count). The molecule has 2 aromatic rings. The van der Waals surface area contributed by atoms with E-state index in [1.54, 1.807) is 11.8 Å².